The second-order valence-electron chi connectivity index (χ2n) is 1.83. The molecule has 0 unspecified atom stereocenters. The van der Waals surface area contributed by atoms with Gasteiger partial charge in [-0.25, -0.2) is 0 Å². The van der Waals surface area contributed by atoms with Crippen molar-refractivity contribution in [3.63, 3.8) is 0 Å². The first kappa shape index (κ1) is 9.59. The summed E-state index contributed by atoms with van der Waals surface area (Å²) in [6, 6.07) is 0. The fraction of sp³-hybridized carbons (Fsp3) is 0.667. The molecule has 0 aromatic rings. The van der Waals surface area contributed by atoms with Gasteiger partial charge in [-0.2, -0.15) is 0 Å². The van der Waals surface area contributed by atoms with Crippen LogP contribution >= 0.6 is 11.6 Å². The van der Waals surface area contributed by atoms with E-state index in [1.54, 1.807) is 0 Å². The van der Waals surface area contributed by atoms with Crippen LogP contribution < -0.4 is 0 Å². The molecule has 0 rings (SSSR count). The van der Waals surface area contributed by atoms with Crippen molar-refractivity contribution in [1.82, 2.24) is 0 Å². The Hall–Kier alpha value is -0.410. The molecular weight excluding hydrogens is 156 g/mol. The number of ketones is 1. The quantitative estimate of drug-likeness (QED) is 0.564. The predicted molar refractivity (Wildman–Crippen MR) is 37.0 cm³/mol. The molecule has 0 aliphatic carbocycles. The van der Waals surface area contributed by atoms with Crippen LogP contribution in [0.4, 0.5) is 0 Å². The van der Waals surface area contributed by atoms with Gasteiger partial charge < -0.3 is 4.74 Å². The maximum atomic E-state index is 10.6. The second-order valence-corrected chi connectivity index (χ2v) is 2.25. The van der Waals surface area contributed by atoms with Gasteiger partial charge in [0.25, 0.3) is 0 Å². The van der Waals surface area contributed by atoms with E-state index in [4.69, 9.17) is 11.6 Å². The van der Waals surface area contributed by atoms with E-state index in [1.807, 2.05) is 0 Å². The maximum absolute atomic E-state index is 10.6. The van der Waals surface area contributed by atoms with Gasteiger partial charge in [-0.3, -0.25) is 9.59 Å². The Morgan fingerprint density at radius 1 is 1.40 bits per heavy atom. The number of ether oxygens (including phenoxy) is 1. The van der Waals surface area contributed by atoms with Crippen LogP contribution in [0, 0.1) is 0 Å². The van der Waals surface area contributed by atoms with Crippen LogP contribution in [0.25, 0.3) is 0 Å². The first-order chi connectivity index (χ1) is 4.66. The fourth-order valence-electron chi connectivity index (χ4n) is 0.471. The first-order valence-corrected chi connectivity index (χ1v) is 3.23. The second kappa shape index (κ2) is 5.38. The molecule has 0 saturated heterocycles. The zero-order valence-electron chi connectivity index (χ0n) is 5.72. The number of halogens is 1. The third kappa shape index (κ3) is 5.72. The van der Waals surface area contributed by atoms with E-state index in [-0.39, 0.29) is 25.2 Å². The Kier molecular flexibility index (Phi) is 5.16. The first-order valence-electron chi connectivity index (χ1n) is 2.85. The topological polar surface area (TPSA) is 43.4 Å². The molecule has 0 spiro atoms. The molecule has 0 amide bonds. The van der Waals surface area contributed by atoms with Crippen LogP contribution in [-0.2, 0) is 14.3 Å². The van der Waals surface area contributed by atoms with Crippen LogP contribution in [0.3, 0.4) is 0 Å². The zero-order valence-corrected chi connectivity index (χ0v) is 6.48. The highest BCUT2D eigenvalue weighted by molar-refractivity contribution is 6.63. The summed E-state index contributed by atoms with van der Waals surface area (Å²) < 4.78 is 4.53. The Morgan fingerprint density at radius 2 is 2.00 bits per heavy atom. The van der Waals surface area contributed by atoms with Crippen LogP contribution in [0.15, 0.2) is 0 Å². The molecule has 0 N–H and O–H groups in total. The lowest BCUT2D eigenvalue weighted by molar-refractivity contribution is -0.124. The maximum Gasteiger partial charge on any atom is 0.222 e. The summed E-state index contributed by atoms with van der Waals surface area (Å²) in [5.74, 6) is -0.100. The van der Waals surface area contributed by atoms with Gasteiger partial charge in [-0.15, -0.1) is 0 Å². The van der Waals surface area contributed by atoms with Crippen LogP contribution in [0.2, 0.25) is 0 Å². The van der Waals surface area contributed by atoms with Gasteiger partial charge >= 0.3 is 0 Å². The van der Waals surface area contributed by atoms with Gasteiger partial charge in [0, 0.05) is 20.0 Å². The summed E-state index contributed by atoms with van der Waals surface area (Å²) in [5, 5.41) is -0.482. The number of rotatable bonds is 5. The summed E-state index contributed by atoms with van der Waals surface area (Å²) in [4.78, 5) is 20.7. The lowest BCUT2D eigenvalue weighted by atomic mass is 10.2. The fourth-order valence-corrected chi connectivity index (χ4v) is 0.565. The summed E-state index contributed by atoms with van der Waals surface area (Å²) in [6.45, 7) is 0.0597. The minimum Gasteiger partial charge on any atom is -0.377 e. The van der Waals surface area contributed by atoms with Crippen molar-refractivity contribution in [1.29, 1.82) is 0 Å². The number of carbonyl (C=O) groups is 2. The van der Waals surface area contributed by atoms with E-state index in [0.29, 0.717) is 0 Å². The van der Waals surface area contributed by atoms with E-state index in [2.05, 4.69) is 4.74 Å². The van der Waals surface area contributed by atoms with Gasteiger partial charge in [0.15, 0.2) is 5.78 Å². The SMILES string of the molecule is COCC(=O)CCC(=O)Cl. The molecular formula is C6H9ClO3. The molecule has 0 saturated carbocycles. The Balaban J connectivity index is 3.30. The van der Waals surface area contributed by atoms with E-state index < -0.39 is 5.24 Å². The monoisotopic (exact) mass is 164 g/mol. The highest BCUT2D eigenvalue weighted by Crippen LogP contribution is 1.95. The van der Waals surface area contributed by atoms with E-state index in [1.165, 1.54) is 7.11 Å². The van der Waals surface area contributed by atoms with Crippen LogP contribution in [-0.4, -0.2) is 24.7 Å². The Labute approximate surface area is 64.3 Å². The molecule has 3 nitrogen and oxygen atoms in total. The Bertz CT molecular complexity index is 133. The molecule has 10 heavy (non-hydrogen) atoms. The van der Waals surface area contributed by atoms with Crippen molar-refractivity contribution in [2.75, 3.05) is 13.7 Å². The highest BCUT2D eigenvalue weighted by atomic mass is 35.5. The molecule has 0 fully saturated rings. The average Bonchev–Trinajstić information content (AvgIpc) is 1.85. The van der Waals surface area contributed by atoms with Gasteiger partial charge in [-0.1, -0.05) is 0 Å². The molecule has 0 bridgehead atoms. The van der Waals surface area contributed by atoms with Crippen molar-refractivity contribution < 1.29 is 14.3 Å². The number of hydrogen-bond donors (Lipinski definition) is 0. The highest BCUT2D eigenvalue weighted by Gasteiger charge is 2.03. The number of carbonyl (C=O) groups excluding carboxylic acids is 2. The van der Waals surface area contributed by atoms with Gasteiger partial charge in [0.1, 0.15) is 6.61 Å². The van der Waals surface area contributed by atoms with Crippen molar-refractivity contribution in [2.45, 2.75) is 12.8 Å². The third-order valence-corrected chi connectivity index (χ3v) is 1.09. The van der Waals surface area contributed by atoms with E-state index in [9.17, 15) is 9.59 Å². The minimum absolute atomic E-state index is 0.0597. The standard InChI is InChI=1S/C6H9ClO3/c1-10-4-5(8)2-3-6(7)9/h2-4H2,1H3. The molecule has 0 radical (unpaired) electrons. The van der Waals surface area contributed by atoms with E-state index >= 15 is 0 Å². The molecule has 0 aliphatic rings. The third-order valence-electron chi connectivity index (χ3n) is 0.906. The van der Waals surface area contributed by atoms with Crippen molar-refractivity contribution in [3.8, 4) is 0 Å². The average molecular weight is 165 g/mol. The molecule has 0 heterocycles. The largest absolute Gasteiger partial charge is 0.377 e. The summed E-state index contributed by atoms with van der Waals surface area (Å²) in [5.41, 5.74) is 0. The molecule has 0 aromatic carbocycles. The van der Waals surface area contributed by atoms with Crippen LogP contribution in [0.1, 0.15) is 12.8 Å². The van der Waals surface area contributed by atoms with Gasteiger partial charge in [0.05, 0.1) is 0 Å². The molecule has 0 aliphatic heterocycles. The molecule has 4 heteroatoms. The van der Waals surface area contributed by atoms with E-state index in [0.717, 1.165) is 0 Å². The van der Waals surface area contributed by atoms with Crippen molar-refractivity contribution in [2.24, 2.45) is 0 Å². The lowest BCUT2D eigenvalue weighted by Crippen LogP contribution is -2.07. The summed E-state index contributed by atoms with van der Waals surface area (Å²) in [6.07, 6.45) is 0.278. The van der Waals surface area contributed by atoms with Gasteiger partial charge in [-0.05, 0) is 11.6 Å². The van der Waals surface area contributed by atoms with Gasteiger partial charge in [0.2, 0.25) is 5.24 Å². The number of methoxy groups -OCH3 is 1. The summed E-state index contributed by atoms with van der Waals surface area (Å²) in [7, 11) is 1.43. The van der Waals surface area contributed by atoms with Crippen molar-refractivity contribution >= 4 is 22.6 Å². The normalized spacial score (nSPS) is 9.40. The molecule has 58 valence electrons. The lowest BCUT2D eigenvalue weighted by Gasteiger charge is -1.94. The summed E-state index contributed by atoms with van der Waals surface area (Å²) >= 11 is 4.99. The molecule has 0 aromatic heterocycles. The smallest absolute Gasteiger partial charge is 0.222 e. The predicted octanol–water partition coefficient (Wildman–Crippen LogP) is 0.748. The number of hydrogen-bond acceptors (Lipinski definition) is 3. The van der Waals surface area contributed by atoms with Crippen LogP contribution in [0.5, 0.6) is 0 Å². The van der Waals surface area contributed by atoms with Crippen molar-refractivity contribution in [3.05, 3.63) is 0 Å². The molecule has 0 atom stereocenters. The zero-order chi connectivity index (χ0) is 7.98. The minimum atomic E-state index is -0.482. The number of Topliss-reactive ketones (excluding diaryl/α,β-unsaturated/α-hetero) is 1. The Morgan fingerprint density at radius 3 is 2.40 bits per heavy atom.